The molecule has 1 atom stereocenters. The van der Waals surface area contributed by atoms with E-state index < -0.39 is 0 Å². The van der Waals surface area contributed by atoms with E-state index in [1.807, 2.05) is 27.1 Å². The number of carbonyl (C=O) groups is 2. The number of hydrogen-bond acceptors (Lipinski definition) is 4. The van der Waals surface area contributed by atoms with Gasteiger partial charge in [0, 0.05) is 37.1 Å². The number of hydrogen-bond donors (Lipinski definition) is 2. The van der Waals surface area contributed by atoms with Gasteiger partial charge in [-0.1, -0.05) is 12.8 Å². The predicted octanol–water partition coefficient (Wildman–Crippen LogP) is 1.44. The second kappa shape index (κ2) is 8.41. The summed E-state index contributed by atoms with van der Waals surface area (Å²) in [5, 5.41) is 10.2. The van der Waals surface area contributed by atoms with Crippen molar-refractivity contribution in [3.8, 4) is 0 Å². The predicted molar refractivity (Wildman–Crippen MR) is 105 cm³/mol. The van der Waals surface area contributed by atoms with Crippen LogP contribution in [0.5, 0.6) is 0 Å². The number of nitrogens with zero attached hydrogens (tertiary/aromatic N) is 3. The summed E-state index contributed by atoms with van der Waals surface area (Å²) < 4.78 is 2.96. The smallest absolute Gasteiger partial charge is 0.252 e. The van der Waals surface area contributed by atoms with E-state index in [4.69, 9.17) is 0 Å². The van der Waals surface area contributed by atoms with Crippen LogP contribution in [0.15, 0.2) is 29.3 Å². The van der Waals surface area contributed by atoms with Crippen molar-refractivity contribution >= 4 is 11.8 Å². The summed E-state index contributed by atoms with van der Waals surface area (Å²) in [6.45, 7) is 3.61. The number of rotatable bonds is 6. The van der Waals surface area contributed by atoms with Crippen LogP contribution in [0.1, 0.15) is 60.3 Å². The maximum atomic E-state index is 12.4. The van der Waals surface area contributed by atoms with Crippen molar-refractivity contribution in [2.24, 2.45) is 7.05 Å². The lowest BCUT2D eigenvalue weighted by Gasteiger charge is -2.15. The summed E-state index contributed by atoms with van der Waals surface area (Å²) in [4.78, 5) is 37.0. The molecule has 8 nitrogen and oxygen atoms in total. The molecule has 3 rings (SSSR count). The fraction of sp³-hybridized carbons (Fsp3) is 0.500. The quantitative estimate of drug-likeness (QED) is 0.786. The molecule has 150 valence electrons. The SMILES string of the molecule is Cc1nn(C)cc1C(C)NC(=O)Cn1cc(C(=O)NC2CCCC2)ccc1=O. The largest absolute Gasteiger partial charge is 0.349 e. The van der Waals surface area contributed by atoms with Crippen molar-refractivity contribution in [1.82, 2.24) is 25.0 Å². The first kappa shape index (κ1) is 19.9. The highest BCUT2D eigenvalue weighted by atomic mass is 16.2. The topological polar surface area (TPSA) is 98.0 Å². The van der Waals surface area contributed by atoms with Gasteiger partial charge in [-0.05, 0) is 32.8 Å². The molecule has 1 saturated carbocycles. The Morgan fingerprint density at radius 2 is 1.96 bits per heavy atom. The van der Waals surface area contributed by atoms with Crippen molar-refractivity contribution in [3.63, 3.8) is 0 Å². The van der Waals surface area contributed by atoms with Gasteiger partial charge in [0.05, 0.1) is 17.3 Å². The van der Waals surface area contributed by atoms with Crippen LogP contribution < -0.4 is 16.2 Å². The molecular formula is C20H27N5O3. The first-order valence-electron chi connectivity index (χ1n) is 9.64. The maximum Gasteiger partial charge on any atom is 0.252 e. The number of amides is 2. The van der Waals surface area contributed by atoms with Crippen molar-refractivity contribution in [3.05, 3.63) is 51.7 Å². The Kier molecular flexibility index (Phi) is 5.96. The normalized spacial score (nSPS) is 15.4. The van der Waals surface area contributed by atoms with E-state index in [1.165, 1.54) is 22.9 Å². The highest BCUT2D eigenvalue weighted by molar-refractivity contribution is 5.94. The number of carbonyl (C=O) groups excluding carboxylic acids is 2. The van der Waals surface area contributed by atoms with Crippen molar-refractivity contribution in [2.75, 3.05) is 0 Å². The van der Waals surface area contributed by atoms with Crippen molar-refractivity contribution < 1.29 is 9.59 Å². The number of aryl methyl sites for hydroxylation is 2. The first-order chi connectivity index (χ1) is 13.3. The first-order valence-corrected chi connectivity index (χ1v) is 9.64. The molecule has 0 bridgehead atoms. The van der Waals surface area contributed by atoms with Gasteiger partial charge >= 0.3 is 0 Å². The summed E-state index contributed by atoms with van der Waals surface area (Å²) in [6, 6.07) is 2.79. The van der Waals surface area contributed by atoms with Crippen LogP contribution in [0.2, 0.25) is 0 Å². The summed E-state index contributed by atoms with van der Waals surface area (Å²) in [6.07, 6.45) is 7.53. The minimum atomic E-state index is -0.322. The van der Waals surface area contributed by atoms with E-state index in [-0.39, 0.29) is 36.0 Å². The molecular weight excluding hydrogens is 358 g/mol. The fourth-order valence-electron chi connectivity index (χ4n) is 3.69. The Morgan fingerprint density at radius 1 is 1.25 bits per heavy atom. The van der Waals surface area contributed by atoms with E-state index in [1.54, 1.807) is 4.68 Å². The summed E-state index contributed by atoms with van der Waals surface area (Å²) in [5.74, 6) is -0.508. The maximum absolute atomic E-state index is 12.4. The van der Waals surface area contributed by atoms with Gasteiger partial charge < -0.3 is 15.2 Å². The molecule has 0 aliphatic heterocycles. The van der Waals surface area contributed by atoms with Gasteiger partial charge in [-0.15, -0.1) is 0 Å². The molecule has 2 aromatic heterocycles. The lowest BCUT2D eigenvalue weighted by Crippen LogP contribution is -2.36. The molecule has 2 amide bonds. The van der Waals surface area contributed by atoms with Crippen molar-refractivity contribution in [2.45, 2.75) is 58.2 Å². The van der Waals surface area contributed by atoms with E-state index in [2.05, 4.69) is 15.7 Å². The molecule has 8 heteroatoms. The van der Waals surface area contributed by atoms with Gasteiger partial charge in [-0.2, -0.15) is 5.10 Å². The van der Waals surface area contributed by atoms with Crippen molar-refractivity contribution in [1.29, 1.82) is 0 Å². The summed E-state index contributed by atoms with van der Waals surface area (Å²) in [5.41, 5.74) is 1.83. The lowest BCUT2D eigenvalue weighted by atomic mass is 10.1. The number of aromatic nitrogens is 3. The average molecular weight is 385 g/mol. The van der Waals surface area contributed by atoms with Gasteiger partial charge in [0.2, 0.25) is 5.91 Å². The Labute approximate surface area is 163 Å². The molecule has 28 heavy (non-hydrogen) atoms. The zero-order valence-electron chi connectivity index (χ0n) is 16.6. The Morgan fingerprint density at radius 3 is 2.61 bits per heavy atom. The standard InChI is InChI=1S/C20H27N5O3/c1-13(17-11-24(3)23-14(17)2)21-18(26)12-25-10-15(8-9-19(25)27)20(28)22-16-6-4-5-7-16/h8-11,13,16H,4-7,12H2,1-3H3,(H,21,26)(H,22,28). The second-order valence-corrected chi connectivity index (χ2v) is 7.47. The fourth-order valence-corrected chi connectivity index (χ4v) is 3.69. The van der Waals surface area contributed by atoms with Gasteiger partial charge in [-0.25, -0.2) is 0 Å². The van der Waals surface area contributed by atoms with Crippen LogP contribution in [0, 0.1) is 6.92 Å². The Bertz CT molecular complexity index is 924. The van der Waals surface area contributed by atoms with Gasteiger partial charge in [0.25, 0.3) is 11.5 Å². The van der Waals surface area contributed by atoms with E-state index in [0.717, 1.165) is 36.9 Å². The highest BCUT2D eigenvalue weighted by Gasteiger charge is 2.19. The Hall–Kier alpha value is -2.90. The monoisotopic (exact) mass is 385 g/mol. The van der Waals surface area contributed by atoms with Crippen LogP contribution in [-0.4, -0.2) is 32.2 Å². The minimum absolute atomic E-state index is 0.146. The van der Waals surface area contributed by atoms with Crippen LogP contribution in [-0.2, 0) is 18.4 Å². The van der Waals surface area contributed by atoms with Crippen LogP contribution in [0.25, 0.3) is 0 Å². The third kappa shape index (κ3) is 4.68. The molecule has 2 aromatic rings. The average Bonchev–Trinajstić information content (AvgIpc) is 3.25. The van der Waals surface area contributed by atoms with Crippen LogP contribution in [0.3, 0.4) is 0 Å². The lowest BCUT2D eigenvalue weighted by molar-refractivity contribution is -0.122. The minimum Gasteiger partial charge on any atom is -0.349 e. The molecule has 0 aromatic carbocycles. The highest BCUT2D eigenvalue weighted by Crippen LogP contribution is 2.18. The van der Waals surface area contributed by atoms with E-state index in [0.29, 0.717) is 5.56 Å². The van der Waals surface area contributed by atoms with Crippen LogP contribution >= 0.6 is 0 Å². The zero-order valence-corrected chi connectivity index (χ0v) is 16.6. The Balaban J connectivity index is 1.65. The second-order valence-electron chi connectivity index (χ2n) is 7.47. The number of pyridine rings is 1. The molecule has 0 radical (unpaired) electrons. The number of nitrogens with one attached hydrogen (secondary N) is 2. The molecule has 1 unspecified atom stereocenters. The molecule has 0 saturated heterocycles. The molecule has 2 N–H and O–H groups in total. The third-order valence-electron chi connectivity index (χ3n) is 5.15. The summed E-state index contributed by atoms with van der Waals surface area (Å²) in [7, 11) is 1.83. The van der Waals surface area contributed by atoms with Gasteiger partial charge in [0.15, 0.2) is 0 Å². The van der Waals surface area contributed by atoms with Gasteiger partial charge in [-0.3, -0.25) is 19.1 Å². The molecule has 0 spiro atoms. The van der Waals surface area contributed by atoms with Gasteiger partial charge in [0.1, 0.15) is 6.54 Å². The third-order valence-corrected chi connectivity index (χ3v) is 5.15. The molecule has 1 aliphatic carbocycles. The molecule has 1 fully saturated rings. The molecule has 1 aliphatic rings. The van der Waals surface area contributed by atoms with E-state index in [9.17, 15) is 14.4 Å². The van der Waals surface area contributed by atoms with Crippen LogP contribution in [0.4, 0.5) is 0 Å². The zero-order chi connectivity index (χ0) is 20.3. The molecule has 2 heterocycles. The van der Waals surface area contributed by atoms with E-state index >= 15 is 0 Å². The summed E-state index contributed by atoms with van der Waals surface area (Å²) >= 11 is 0.